The van der Waals surface area contributed by atoms with Crippen LogP contribution in [-0.4, -0.2) is 11.3 Å². The molecule has 0 saturated heterocycles. The van der Waals surface area contributed by atoms with Crippen LogP contribution in [-0.2, 0) is 10.8 Å². The molecule has 0 fully saturated rings. The minimum atomic E-state index is -0.154. The van der Waals surface area contributed by atoms with Crippen molar-refractivity contribution in [2.75, 3.05) is 0 Å². The largest absolute Gasteiger partial charge is 0.458 e. The van der Waals surface area contributed by atoms with Crippen LogP contribution in [0.3, 0.4) is 0 Å². The molecule has 3 nitrogen and oxygen atoms in total. The lowest BCUT2D eigenvalue weighted by atomic mass is 9.34. The molecule has 0 unspecified atom stereocenters. The van der Waals surface area contributed by atoms with Crippen LogP contribution in [0, 0.1) is 11.3 Å². The summed E-state index contributed by atoms with van der Waals surface area (Å²) in [6.07, 6.45) is 0. The molecule has 0 amide bonds. The van der Waals surface area contributed by atoms with Crippen LogP contribution in [0.1, 0.15) is 58.2 Å². The Bertz CT molecular complexity index is 3670. The van der Waals surface area contributed by atoms with Gasteiger partial charge in [-0.2, -0.15) is 5.26 Å². The van der Waals surface area contributed by atoms with E-state index in [-0.39, 0.29) is 17.5 Å². The first-order chi connectivity index (χ1) is 32.4. The van der Waals surface area contributed by atoms with Gasteiger partial charge in [0.25, 0.3) is 6.71 Å². The molecule has 2 aliphatic heterocycles. The smallest absolute Gasteiger partial charge is 0.256 e. The Morgan fingerprint density at radius 2 is 1.04 bits per heavy atom. The molecule has 4 heteroatoms. The molecule has 0 N–H and O–H groups in total. The molecule has 0 bridgehead atoms. The number of hydrogen-bond acceptors (Lipinski definition) is 2. The fraction of sp³-hybridized carbons (Fsp3) is 0.127. The molecule has 0 saturated carbocycles. The van der Waals surface area contributed by atoms with E-state index in [0.717, 1.165) is 67.1 Å². The Morgan fingerprint density at radius 1 is 0.463 bits per heavy atom. The van der Waals surface area contributed by atoms with Crippen molar-refractivity contribution in [1.29, 1.82) is 5.26 Å². The normalized spacial score (nSPS) is 12.7. The molecule has 320 valence electrons. The number of hydrogen-bond donors (Lipinski definition) is 0. The molecule has 3 heterocycles. The summed E-state index contributed by atoms with van der Waals surface area (Å²) in [6.45, 7) is 13.8. The molecular weight excluding hydrogens is 812 g/mol. The number of aromatic nitrogens is 1. The molecule has 10 aromatic rings. The Kier molecular flexibility index (Phi) is 9.15. The average molecular weight is 861 g/mol. The van der Waals surface area contributed by atoms with Gasteiger partial charge in [0.15, 0.2) is 0 Å². The first kappa shape index (κ1) is 40.6. The van der Waals surface area contributed by atoms with E-state index in [0.29, 0.717) is 5.56 Å². The first-order valence-corrected chi connectivity index (χ1v) is 23.4. The summed E-state index contributed by atoms with van der Waals surface area (Å²) >= 11 is 0. The molecule has 0 aliphatic carbocycles. The zero-order valence-electron chi connectivity index (χ0n) is 38.8. The number of nitriles is 1. The van der Waals surface area contributed by atoms with Gasteiger partial charge >= 0.3 is 0 Å². The van der Waals surface area contributed by atoms with Gasteiger partial charge in [-0.25, -0.2) is 0 Å². The van der Waals surface area contributed by atoms with Gasteiger partial charge in [0, 0.05) is 27.5 Å². The van der Waals surface area contributed by atoms with Crippen LogP contribution in [0.2, 0.25) is 0 Å². The lowest BCUT2D eigenvalue weighted by molar-refractivity contribution is 0.489. The highest BCUT2D eigenvalue weighted by Crippen LogP contribution is 2.47. The summed E-state index contributed by atoms with van der Waals surface area (Å²) in [7, 11) is 0. The van der Waals surface area contributed by atoms with Gasteiger partial charge in [-0.15, -0.1) is 0 Å². The predicted molar refractivity (Wildman–Crippen MR) is 281 cm³/mol. The minimum Gasteiger partial charge on any atom is -0.458 e. The van der Waals surface area contributed by atoms with Crippen molar-refractivity contribution < 1.29 is 4.74 Å². The molecule has 0 radical (unpaired) electrons. The van der Waals surface area contributed by atoms with Gasteiger partial charge in [-0.3, -0.25) is 0 Å². The molecule has 12 rings (SSSR count). The summed E-state index contributed by atoms with van der Waals surface area (Å²) in [6, 6.07) is 70.8. The van der Waals surface area contributed by atoms with E-state index in [1.54, 1.807) is 0 Å². The third kappa shape index (κ3) is 6.56. The van der Waals surface area contributed by atoms with Crippen LogP contribution >= 0.6 is 0 Å². The first-order valence-electron chi connectivity index (χ1n) is 23.4. The van der Waals surface area contributed by atoms with Crippen LogP contribution in [0.4, 0.5) is 0 Å². The van der Waals surface area contributed by atoms with E-state index >= 15 is 0 Å². The Morgan fingerprint density at radius 3 is 1.67 bits per heavy atom. The highest BCUT2D eigenvalue weighted by atomic mass is 16.5. The van der Waals surface area contributed by atoms with Gasteiger partial charge in [0.2, 0.25) is 0 Å². The number of nitrogens with zero attached hydrogens (tertiary/aromatic N) is 2. The van der Waals surface area contributed by atoms with E-state index < -0.39 is 0 Å². The van der Waals surface area contributed by atoms with E-state index in [1.807, 2.05) is 12.1 Å². The zero-order chi connectivity index (χ0) is 45.8. The van der Waals surface area contributed by atoms with Crippen LogP contribution in [0.25, 0.3) is 83.1 Å². The zero-order valence-corrected chi connectivity index (χ0v) is 38.8. The Labute approximate surface area is 393 Å². The van der Waals surface area contributed by atoms with Crippen LogP contribution < -0.4 is 21.1 Å². The highest BCUT2D eigenvalue weighted by molar-refractivity contribution is 6.99. The molecular formula is C63H49BN2O. The standard InChI is InChI=1S/C63H49BN2O/c1-62(2,3)45-29-30-56-51(35-45)52-36-46(63(4,5)6)37-54-60(52)66(56)57-33-43(40-27-25-39(38-65)26-28-40)34-58-59(57)64(54)55-32-44(49-23-14-13-21-47(49)41-17-9-7-10-18-41)31-53(61(55)67-58)50-24-16-15-22-48(50)42-19-11-8-12-20-42/h7-37H,1-6H3. The second-order valence-electron chi connectivity index (χ2n) is 20.4. The van der Waals surface area contributed by atoms with Crippen molar-refractivity contribution in [3.05, 3.63) is 205 Å². The van der Waals surface area contributed by atoms with E-state index in [1.165, 1.54) is 55.1 Å². The number of benzene rings is 9. The molecule has 2 aliphatic rings. The molecule has 67 heavy (non-hydrogen) atoms. The van der Waals surface area contributed by atoms with Crippen molar-refractivity contribution in [3.8, 4) is 78.9 Å². The maximum atomic E-state index is 9.77. The highest BCUT2D eigenvalue weighted by Gasteiger charge is 2.43. The second kappa shape index (κ2) is 15.1. The van der Waals surface area contributed by atoms with E-state index in [9.17, 15) is 5.26 Å². The number of ether oxygens (including phenoxy) is 1. The van der Waals surface area contributed by atoms with Crippen LogP contribution in [0.5, 0.6) is 11.5 Å². The van der Waals surface area contributed by atoms with Crippen molar-refractivity contribution >= 4 is 44.9 Å². The third-order valence-electron chi connectivity index (χ3n) is 14.2. The molecule has 0 atom stereocenters. The Hall–Kier alpha value is -7.87. The van der Waals surface area contributed by atoms with E-state index in [2.05, 4.69) is 228 Å². The van der Waals surface area contributed by atoms with Gasteiger partial charge in [0.05, 0.1) is 17.1 Å². The van der Waals surface area contributed by atoms with Gasteiger partial charge < -0.3 is 9.30 Å². The maximum absolute atomic E-state index is 9.77. The molecule has 0 spiro atoms. The summed E-state index contributed by atoms with van der Waals surface area (Å²) < 4.78 is 10.1. The van der Waals surface area contributed by atoms with Crippen molar-refractivity contribution in [1.82, 2.24) is 4.57 Å². The Balaban J connectivity index is 1.24. The van der Waals surface area contributed by atoms with Gasteiger partial charge in [-0.1, -0.05) is 181 Å². The van der Waals surface area contributed by atoms with Crippen molar-refractivity contribution in [2.45, 2.75) is 52.4 Å². The monoisotopic (exact) mass is 860 g/mol. The lowest BCUT2D eigenvalue weighted by Gasteiger charge is -2.36. The second-order valence-corrected chi connectivity index (χ2v) is 20.4. The quantitative estimate of drug-likeness (QED) is 0.162. The fourth-order valence-electron chi connectivity index (χ4n) is 10.7. The fourth-order valence-corrected chi connectivity index (χ4v) is 10.7. The predicted octanol–water partition coefficient (Wildman–Crippen LogP) is 14.5. The summed E-state index contributed by atoms with van der Waals surface area (Å²) in [5.41, 5.74) is 21.5. The maximum Gasteiger partial charge on any atom is 0.256 e. The number of rotatable bonds is 5. The molecule has 1 aromatic heterocycles. The van der Waals surface area contributed by atoms with Crippen molar-refractivity contribution in [2.24, 2.45) is 0 Å². The van der Waals surface area contributed by atoms with Gasteiger partial charge in [0.1, 0.15) is 11.5 Å². The number of fused-ring (bicyclic) bond motifs is 7. The molecule has 9 aromatic carbocycles. The van der Waals surface area contributed by atoms with Crippen LogP contribution in [0.15, 0.2) is 188 Å². The summed E-state index contributed by atoms with van der Waals surface area (Å²) in [5.74, 6) is 1.72. The topological polar surface area (TPSA) is 38.0 Å². The van der Waals surface area contributed by atoms with Crippen molar-refractivity contribution in [3.63, 3.8) is 0 Å². The third-order valence-corrected chi connectivity index (χ3v) is 14.2. The minimum absolute atomic E-state index is 0.0296. The lowest BCUT2D eigenvalue weighted by Crippen LogP contribution is -2.58. The summed E-state index contributed by atoms with van der Waals surface area (Å²) in [4.78, 5) is 0. The SMILES string of the molecule is CC(C)(C)c1ccc2c(c1)c1cc(C(C)(C)C)cc3c1n2-c1cc(-c2ccc(C#N)cc2)cc2c1B3c1cc(-c3ccccc3-c3ccccc3)cc(-c3ccccc3-c3ccccc3)c1O2. The van der Waals surface area contributed by atoms with E-state index in [4.69, 9.17) is 4.74 Å². The average Bonchev–Trinajstić information content (AvgIpc) is 3.69. The summed E-state index contributed by atoms with van der Waals surface area (Å²) in [5, 5.41) is 12.3. The van der Waals surface area contributed by atoms with Gasteiger partial charge in [-0.05, 0) is 137 Å².